The fourth-order valence-corrected chi connectivity index (χ4v) is 2.88. The summed E-state index contributed by atoms with van der Waals surface area (Å²) >= 11 is 1.01. The van der Waals surface area contributed by atoms with Crippen LogP contribution in [-0.2, 0) is 4.79 Å². The third-order valence-electron chi connectivity index (χ3n) is 2.94. The number of para-hydroxylation sites is 1. The quantitative estimate of drug-likeness (QED) is 0.593. The number of thiazole rings is 1. The molecule has 2 aromatic heterocycles. The number of hydrogen-bond acceptors (Lipinski definition) is 6. The molecule has 0 saturated heterocycles. The molecule has 22 heavy (non-hydrogen) atoms. The van der Waals surface area contributed by atoms with Gasteiger partial charge in [0.15, 0.2) is 11.4 Å². The summed E-state index contributed by atoms with van der Waals surface area (Å²) in [7, 11) is 0. The van der Waals surface area contributed by atoms with E-state index in [-0.39, 0.29) is 27.2 Å². The Morgan fingerprint density at radius 3 is 2.86 bits per heavy atom. The molecule has 0 bridgehead atoms. The van der Waals surface area contributed by atoms with Crippen molar-refractivity contribution in [1.82, 2.24) is 4.98 Å². The summed E-state index contributed by atoms with van der Waals surface area (Å²) in [5, 5.41) is 3.49. The molecule has 3 aromatic rings. The van der Waals surface area contributed by atoms with Crippen LogP contribution in [0.2, 0.25) is 0 Å². The van der Waals surface area contributed by atoms with Crippen molar-refractivity contribution in [3.05, 3.63) is 45.6 Å². The molecule has 2 heterocycles. The van der Waals surface area contributed by atoms with Crippen LogP contribution in [0.4, 0.5) is 5.13 Å². The molecule has 1 aromatic carbocycles. The molecule has 0 aliphatic carbocycles. The van der Waals surface area contributed by atoms with Crippen LogP contribution >= 0.6 is 11.3 Å². The lowest BCUT2D eigenvalue weighted by molar-refractivity contribution is -0.114. The maximum Gasteiger partial charge on any atom is 0.345 e. The maximum absolute atomic E-state index is 12.1. The maximum atomic E-state index is 12.1. The van der Waals surface area contributed by atoms with Crippen molar-refractivity contribution in [1.29, 1.82) is 0 Å². The minimum Gasteiger partial charge on any atom is -0.422 e. The highest BCUT2D eigenvalue weighted by molar-refractivity contribution is 7.17. The third kappa shape index (κ3) is 2.53. The predicted octanol–water partition coefficient (Wildman–Crippen LogP) is 2.69. The van der Waals surface area contributed by atoms with E-state index in [0.717, 1.165) is 16.7 Å². The summed E-state index contributed by atoms with van der Waals surface area (Å²) in [5.41, 5.74) is 0.277. The Morgan fingerprint density at radius 1 is 1.36 bits per heavy atom. The van der Waals surface area contributed by atoms with Crippen LogP contribution in [-0.4, -0.2) is 17.2 Å². The number of hydrogen-bond donors (Lipinski definition) is 1. The largest absolute Gasteiger partial charge is 0.422 e. The van der Waals surface area contributed by atoms with Gasteiger partial charge >= 0.3 is 5.63 Å². The molecule has 0 aliphatic heterocycles. The molecule has 0 fully saturated rings. The monoisotopic (exact) mass is 314 g/mol. The Hall–Kier alpha value is -2.80. The second kappa shape index (κ2) is 5.53. The van der Waals surface area contributed by atoms with E-state index in [1.54, 1.807) is 24.3 Å². The van der Waals surface area contributed by atoms with Crippen LogP contribution in [0.25, 0.3) is 22.2 Å². The van der Waals surface area contributed by atoms with E-state index in [1.165, 1.54) is 6.92 Å². The van der Waals surface area contributed by atoms with Crippen LogP contribution in [0, 0.1) is 0 Å². The average molecular weight is 314 g/mol. The molecule has 0 spiro atoms. The van der Waals surface area contributed by atoms with Gasteiger partial charge in [-0.25, -0.2) is 9.78 Å². The van der Waals surface area contributed by atoms with E-state index < -0.39 is 5.63 Å². The van der Waals surface area contributed by atoms with Gasteiger partial charge in [-0.3, -0.25) is 9.59 Å². The smallest absolute Gasteiger partial charge is 0.345 e. The highest BCUT2D eigenvalue weighted by atomic mass is 32.1. The van der Waals surface area contributed by atoms with Crippen molar-refractivity contribution >= 4 is 39.6 Å². The van der Waals surface area contributed by atoms with Crippen molar-refractivity contribution in [2.24, 2.45) is 0 Å². The molecular weight excluding hydrogens is 304 g/mol. The molecule has 0 radical (unpaired) electrons. The summed E-state index contributed by atoms with van der Waals surface area (Å²) in [6, 6.07) is 8.69. The van der Waals surface area contributed by atoms with E-state index in [4.69, 9.17) is 4.42 Å². The molecule has 0 unspecified atom stereocenters. The highest BCUT2D eigenvalue weighted by Gasteiger charge is 2.17. The highest BCUT2D eigenvalue weighted by Crippen LogP contribution is 2.29. The van der Waals surface area contributed by atoms with E-state index in [0.29, 0.717) is 11.9 Å². The van der Waals surface area contributed by atoms with Crippen LogP contribution in [0.15, 0.2) is 39.5 Å². The predicted molar refractivity (Wildman–Crippen MR) is 83.3 cm³/mol. The Morgan fingerprint density at radius 2 is 2.14 bits per heavy atom. The summed E-state index contributed by atoms with van der Waals surface area (Å²) in [4.78, 5) is 38.8. The average Bonchev–Trinajstić information content (AvgIpc) is 2.88. The van der Waals surface area contributed by atoms with E-state index in [2.05, 4.69) is 10.3 Å². The Bertz CT molecular complexity index is 942. The number of aldehydes is 1. The van der Waals surface area contributed by atoms with Gasteiger partial charge < -0.3 is 9.73 Å². The van der Waals surface area contributed by atoms with Gasteiger partial charge in [0.1, 0.15) is 11.3 Å². The zero-order valence-corrected chi connectivity index (χ0v) is 12.3. The van der Waals surface area contributed by atoms with Crippen molar-refractivity contribution in [2.75, 3.05) is 5.32 Å². The zero-order chi connectivity index (χ0) is 15.7. The molecule has 7 heteroatoms. The Balaban J connectivity index is 2.20. The molecular formula is C15H10N2O4S. The minimum absolute atomic E-state index is 0.189. The van der Waals surface area contributed by atoms with Crippen molar-refractivity contribution in [3.8, 4) is 11.3 Å². The number of nitrogens with zero attached hydrogens (tertiary/aromatic N) is 1. The first-order valence-electron chi connectivity index (χ1n) is 6.35. The summed E-state index contributed by atoms with van der Waals surface area (Å²) in [6.45, 7) is 1.34. The number of nitrogens with one attached hydrogen (secondary N) is 1. The number of carbonyl (C=O) groups excluding carboxylic acids is 2. The van der Waals surface area contributed by atoms with Crippen molar-refractivity contribution in [2.45, 2.75) is 6.92 Å². The van der Waals surface area contributed by atoms with Crippen LogP contribution in [0.5, 0.6) is 0 Å². The standard InChI is InChI=1S/C15H10N2O4S/c1-8(19)16-15-17-13(12(7-18)22-15)10-6-9-4-2-3-5-11(9)21-14(10)20/h2-7H,1H3,(H,16,17,19). The molecule has 0 atom stereocenters. The van der Waals surface area contributed by atoms with E-state index >= 15 is 0 Å². The SMILES string of the molecule is CC(=O)Nc1nc(-c2cc3ccccc3oc2=O)c(C=O)s1. The lowest BCUT2D eigenvalue weighted by Gasteiger charge is -2.00. The first-order valence-corrected chi connectivity index (χ1v) is 7.17. The zero-order valence-electron chi connectivity index (χ0n) is 11.5. The molecule has 110 valence electrons. The first-order chi connectivity index (χ1) is 10.6. The molecule has 3 rings (SSSR count). The summed E-state index contributed by atoms with van der Waals surface area (Å²) in [6.07, 6.45) is 0.604. The molecule has 1 N–H and O–H groups in total. The molecule has 0 aliphatic rings. The van der Waals surface area contributed by atoms with Gasteiger partial charge in [-0.1, -0.05) is 29.5 Å². The third-order valence-corrected chi connectivity index (χ3v) is 3.84. The van der Waals surface area contributed by atoms with Gasteiger partial charge in [-0.05, 0) is 12.1 Å². The number of carbonyl (C=O) groups is 2. The lowest BCUT2D eigenvalue weighted by atomic mass is 10.1. The number of anilines is 1. The number of benzene rings is 1. The molecule has 1 amide bonds. The van der Waals surface area contributed by atoms with Crippen LogP contribution in [0.1, 0.15) is 16.6 Å². The second-order valence-corrected chi connectivity index (χ2v) is 5.55. The van der Waals surface area contributed by atoms with Gasteiger partial charge in [0.2, 0.25) is 5.91 Å². The summed E-state index contributed by atoms with van der Waals surface area (Å²) < 4.78 is 5.24. The summed E-state index contributed by atoms with van der Waals surface area (Å²) in [5.74, 6) is -0.303. The number of aromatic nitrogens is 1. The van der Waals surface area contributed by atoms with Gasteiger partial charge in [-0.2, -0.15) is 0 Å². The molecule has 6 nitrogen and oxygen atoms in total. The topological polar surface area (TPSA) is 89.3 Å². The Kier molecular flexibility index (Phi) is 3.56. The van der Waals surface area contributed by atoms with E-state index in [9.17, 15) is 14.4 Å². The van der Waals surface area contributed by atoms with Gasteiger partial charge in [0, 0.05) is 12.3 Å². The second-order valence-electron chi connectivity index (χ2n) is 4.52. The normalized spacial score (nSPS) is 10.6. The number of rotatable bonds is 3. The van der Waals surface area contributed by atoms with Crippen LogP contribution in [0.3, 0.4) is 0 Å². The number of amides is 1. The fourth-order valence-electron chi connectivity index (χ4n) is 2.04. The van der Waals surface area contributed by atoms with Gasteiger partial charge in [0.05, 0.1) is 10.4 Å². The molecule has 0 saturated carbocycles. The van der Waals surface area contributed by atoms with Crippen molar-refractivity contribution in [3.63, 3.8) is 0 Å². The number of fused-ring (bicyclic) bond motifs is 1. The van der Waals surface area contributed by atoms with Crippen molar-refractivity contribution < 1.29 is 14.0 Å². The minimum atomic E-state index is -0.582. The Labute approximate surface area is 128 Å². The van der Waals surface area contributed by atoms with Gasteiger partial charge in [-0.15, -0.1) is 0 Å². The van der Waals surface area contributed by atoms with E-state index in [1.807, 2.05) is 6.07 Å². The van der Waals surface area contributed by atoms with Crippen LogP contribution < -0.4 is 10.9 Å². The van der Waals surface area contributed by atoms with Gasteiger partial charge in [0.25, 0.3) is 0 Å². The lowest BCUT2D eigenvalue weighted by Crippen LogP contribution is -2.06. The fraction of sp³-hybridized carbons (Fsp3) is 0.0667. The first kappa shape index (κ1) is 14.2.